The Hall–Kier alpha value is -3.79. The van der Waals surface area contributed by atoms with Crippen LogP contribution in [0.15, 0.2) is 73.1 Å². The highest BCUT2D eigenvalue weighted by Crippen LogP contribution is 2.31. The molecule has 2 amide bonds. The second-order valence-corrected chi connectivity index (χ2v) is 7.50. The predicted octanol–water partition coefficient (Wildman–Crippen LogP) is 2.88. The Bertz CT molecular complexity index is 1110. The Kier molecular flexibility index (Phi) is 6.36. The van der Waals surface area contributed by atoms with E-state index in [-0.39, 0.29) is 12.3 Å². The molecule has 0 aliphatic carbocycles. The van der Waals surface area contributed by atoms with E-state index in [4.69, 9.17) is 0 Å². The van der Waals surface area contributed by atoms with Crippen LogP contribution >= 0.6 is 0 Å². The molecular formula is C23H20F3N5O2. The molecule has 33 heavy (non-hydrogen) atoms. The summed E-state index contributed by atoms with van der Waals surface area (Å²) in [7, 11) is 0. The first-order chi connectivity index (χ1) is 15.8. The normalized spacial score (nSPS) is 19.4. The molecule has 0 radical (unpaired) electrons. The Morgan fingerprint density at radius 1 is 0.970 bits per heavy atom. The minimum atomic E-state index is -4.46. The summed E-state index contributed by atoms with van der Waals surface area (Å²) in [5.74, 6) is -0.512. The Labute approximate surface area is 187 Å². The third-order valence-corrected chi connectivity index (χ3v) is 5.21. The third kappa shape index (κ3) is 5.35. The van der Waals surface area contributed by atoms with Crippen molar-refractivity contribution in [3.05, 3.63) is 95.6 Å². The number of hydrogen-bond donors (Lipinski definition) is 3. The second kappa shape index (κ2) is 9.37. The molecule has 10 heteroatoms. The SMILES string of the molecule is O=C1CC(C(=O)NC(c2ccccc2)c2ccc(C(F)(F)F)cc2)NC(c2ncccn2)N1. The van der Waals surface area contributed by atoms with Gasteiger partial charge in [-0.3, -0.25) is 14.9 Å². The van der Waals surface area contributed by atoms with Gasteiger partial charge in [0.1, 0.15) is 6.17 Å². The van der Waals surface area contributed by atoms with Gasteiger partial charge < -0.3 is 10.6 Å². The lowest BCUT2D eigenvalue weighted by molar-refractivity contribution is -0.137. The molecule has 3 aromatic rings. The standard InChI is InChI=1S/C23H20F3N5O2/c24-23(25,26)16-9-7-15(8-10-16)19(14-5-2-1-3-6-14)31-22(33)17-13-18(32)30-21(29-17)20-27-11-4-12-28-20/h1-12,17,19,21,29H,13H2,(H,30,32)(H,31,33). The van der Waals surface area contributed by atoms with Gasteiger partial charge in [-0.05, 0) is 29.3 Å². The summed E-state index contributed by atoms with van der Waals surface area (Å²) in [6, 6.07) is 13.5. The van der Waals surface area contributed by atoms with Crippen LogP contribution in [0.2, 0.25) is 0 Å². The molecule has 3 unspecified atom stereocenters. The van der Waals surface area contributed by atoms with Crippen LogP contribution in [0.25, 0.3) is 0 Å². The number of carbonyl (C=O) groups is 2. The molecule has 170 valence electrons. The number of alkyl halides is 3. The van der Waals surface area contributed by atoms with Crippen molar-refractivity contribution < 1.29 is 22.8 Å². The molecule has 2 heterocycles. The fraction of sp³-hybridized carbons (Fsp3) is 0.217. The molecule has 1 aliphatic heterocycles. The fourth-order valence-corrected chi connectivity index (χ4v) is 3.59. The Balaban J connectivity index is 1.57. The van der Waals surface area contributed by atoms with E-state index in [9.17, 15) is 22.8 Å². The molecule has 0 spiro atoms. The van der Waals surface area contributed by atoms with Crippen molar-refractivity contribution in [3.63, 3.8) is 0 Å². The van der Waals surface area contributed by atoms with Gasteiger partial charge in [-0.25, -0.2) is 9.97 Å². The summed E-state index contributed by atoms with van der Waals surface area (Å²) in [5.41, 5.74) is 0.389. The minimum absolute atomic E-state index is 0.107. The van der Waals surface area contributed by atoms with Crippen LogP contribution < -0.4 is 16.0 Å². The van der Waals surface area contributed by atoms with Gasteiger partial charge in [0.05, 0.1) is 24.1 Å². The molecular weight excluding hydrogens is 435 g/mol. The summed E-state index contributed by atoms with van der Waals surface area (Å²) in [4.78, 5) is 33.6. The number of halogens is 3. The van der Waals surface area contributed by atoms with Crippen LogP contribution in [0.5, 0.6) is 0 Å². The van der Waals surface area contributed by atoms with E-state index in [1.165, 1.54) is 24.5 Å². The van der Waals surface area contributed by atoms with E-state index in [1.54, 1.807) is 36.4 Å². The summed E-state index contributed by atoms with van der Waals surface area (Å²) < 4.78 is 39.0. The van der Waals surface area contributed by atoms with Gasteiger partial charge in [0.25, 0.3) is 0 Å². The second-order valence-electron chi connectivity index (χ2n) is 7.50. The number of rotatable bonds is 5. The zero-order chi connectivity index (χ0) is 23.4. The van der Waals surface area contributed by atoms with Crippen molar-refractivity contribution in [1.82, 2.24) is 25.9 Å². The van der Waals surface area contributed by atoms with Gasteiger partial charge in [0.15, 0.2) is 5.82 Å². The maximum Gasteiger partial charge on any atom is 0.416 e. The summed E-state index contributed by atoms with van der Waals surface area (Å²) in [5, 5.41) is 8.58. The molecule has 0 saturated carbocycles. The van der Waals surface area contributed by atoms with Crippen LogP contribution in [0, 0.1) is 0 Å². The van der Waals surface area contributed by atoms with Crippen LogP contribution in [-0.4, -0.2) is 27.8 Å². The van der Waals surface area contributed by atoms with E-state index < -0.39 is 35.9 Å². The summed E-state index contributed by atoms with van der Waals surface area (Å²) in [6.45, 7) is 0. The number of carbonyl (C=O) groups excluding carboxylic acids is 2. The fourth-order valence-electron chi connectivity index (χ4n) is 3.59. The molecule has 4 rings (SSSR count). The van der Waals surface area contributed by atoms with Crippen molar-refractivity contribution in [2.75, 3.05) is 0 Å². The average molecular weight is 455 g/mol. The van der Waals surface area contributed by atoms with Gasteiger partial charge in [0, 0.05) is 12.4 Å². The van der Waals surface area contributed by atoms with Gasteiger partial charge in [-0.2, -0.15) is 13.2 Å². The van der Waals surface area contributed by atoms with Crippen molar-refractivity contribution in [1.29, 1.82) is 0 Å². The highest BCUT2D eigenvalue weighted by Gasteiger charge is 2.34. The minimum Gasteiger partial charge on any atom is -0.344 e. The van der Waals surface area contributed by atoms with E-state index in [2.05, 4.69) is 25.9 Å². The lowest BCUT2D eigenvalue weighted by Crippen LogP contribution is -2.57. The van der Waals surface area contributed by atoms with Crippen molar-refractivity contribution in [2.24, 2.45) is 0 Å². The number of aromatic nitrogens is 2. The topological polar surface area (TPSA) is 96.0 Å². The van der Waals surface area contributed by atoms with Crippen LogP contribution in [0.1, 0.15) is 41.1 Å². The Morgan fingerprint density at radius 3 is 2.24 bits per heavy atom. The zero-order valence-corrected chi connectivity index (χ0v) is 17.2. The molecule has 1 aliphatic rings. The first-order valence-corrected chi connectivity index (χ1v) is 10.2. The quantitative estimate of drug-likeness (QED) is 0.550. The number of amides is 2. The number of nitrogens with zero attached hydrogens (tertiary/aromatic N) is 2. The molecule has 3 N–H and O–H groups in total. The molecule has 2 aromatic carbocycles. The molecule has 0 bridgehead atoms. The van der Waals surface area contributed by atoms with E-state index in [1.807, 2.05) is 0 Å². The summed E-state index contributed by atoms with van der Waals surface area (Å²) >= 11 is 0. The van der Waals surface area contributed by atoms with Crippen molar-refractivity contribution >= 4 is 11.8 Å². The van der Waals surface area contributed by atoms with Crippen LogP contribution in [0.3, 0.4) is 0 Å². The molecule has 7 nitrogen and oxygen atoms in total. The maximum atomic E-state index is 13.1. The molecule has 3 atom stereocenters. The van der Waals surface area contributed by atoms with Crippen LogP contribution in [-0.2, 0) is 15.8 Å². The first-order valence-electron chi connectivity index (χ1n) is 10.2. The molecule has 1 fully saturated rings. The van der Waals surface area contributed by atoms with E-state index in [0.717, 1.165) is 12.1 Å². The lowest BCUT2D eigenvalue weighted by atomic mass is 9.96. The largest absolute Gasteiger partial charge is 0.416 e. The smallest absolute Gasteiger partial charge is 0.344 e. The maximum absolute atomic E-state index is 13.1. The number of hydrogen-bond acceptors (Lipinski definition) is 5. The first kappa shape index (κ1) is 22.4. The average Bonchev–Trinajstić information content (AvgIpc) is 2.82. The number of benzene rings is 2. The van der Waals surface area contributed by atoms with Gasteiger partial charge >= 0.3 is 6.18 Å². The molecule has 1 aromatic heterocycles. The van der Waals surface area contributed by atoms with Crippen molar-refractivity contribution in [2.45, 2.75) is 30.8 Å². The zero-order valence-electron chi connectivity index (χ0n) is 17.2. The van der Waals surface area contributed by atoms with E-state index >= 15 is 0 Å². The molecule has 1 saturated heterocycles. The monoisotopic (exact) mass is 455 g/mol. The third-order valence-electron chi connectivity index (χ3n) is 5.21. The Morgan fingerprint density at radius 2 is 1.61 bits per heavy atom. The van der Waals surface area contributed by atoms with Gasteiger partial charge in [-0.1, -0.05) is 42.5 Å². The highest BCUT2D eigenvalue weighted by molar-refractivity contribution is 5.90. The van der Waals surface area contributed by atoms with Crippen molar-refractivity contribution in [3.8, 4) is 0 Å². The highest BCUT2D eigenvalue weighted by atomic mass is 19.4. The van der Waals surface area contributed by atoms with Gasteiger partial charge in [-0.15, -0.1) is 0 Å². The van der Waals surface area contributed by atoms with Crippen LogP contribution in [0.4, 0.5) is 13.2 Å². The number of nitrogens with one attached hydrogen (secondary N) is 3. The lowest BCUT2D eigenvalue weighted by Gasteiger charge is -2.31. The summed E-state index contributed by atoms with van der Waals surface area (Å²) in [6.07, 6.45) is -2.27. The van der Waals surface area contributed by atoms with E-state index in [0.29, 0.717) is 17.0 Å². The van der Waals surface area contributed by atoms with Gasteiger partial charge in [0.2, 0.25) is 11.8 Å². The predicted molar refractivity (Wildman–Crippen MR) is 112 cm³/mol.